The van der Waals surface area contributed by atoms with Gasteiger partial charge in [-0.15, -0.1) is 0 Å². The second-order valence-corrected chi connectivity index (χ2v) is 9.26. The van der Waals surface area contributed by atoms with Gasteiger partial charge < -0.3 is 5.32 Å². The SMILES string of the molecule is O=C(NCc1ccncc1)[C@H]1CCCN(S(=O)(=O)CCCc2ccccc2)C1. The van der Waals surface area contributed by atoms with Crippen molar-refractivity contribution < 1.29 is 13.2 Å². The van der Waals surface area contributed by atoms with Crippen LogP contribution < -0.4 is 5.32 Å². The van der Waals surface area contributed by atoms with Gasteiger partial charge in [-0.1, -0.05) is 30.3 Å². The largest absolute Gasteiger partial charge is 0.352 e. The molecular formula is C21H27N3O3S. The Kier molecular flexibility index (Phi) is 7.17. The Balaban J connectivity index is 1.49. The molecule has 1 fully saturated rings. The molecule has 1 atom stereocenters. The molecule has 0 saturated carbocycles. The number of rotatable bonds is 8. The van der Waals surface area contributed by atoms with Crippen molar-refractivity contribution in [3.05, 3.63) is 66.0 Å². The highest BCUT2D eigenvalue weighted by Crippen LogP contribution is 2.20. The predicted molar refractivity (Wildman–Crippen MR) is 109 cm³/mol. The predicted octanol–water partition coefficient (Wildman–Crippen LogP) is 2.37. The van der Waals surface area contributed by atoms with Gasteiger partial charge in [0.05, 0.1) is 11.7 Å². The number of nitrogens with one attached hydrogen (secondary N) is 1. The molecule has 6 nitrogen and oxygen atoms in total. The molecule has 2 heterocycles. The zero-order chi connectivity index (χ0) is 19.8. The molecule has 0 aliphatic carbocycles. The van der Waals surface area contributed by atoms with Crippen molar-refractivity contribution in [2.75, 3.05) is 18.8 Å². The van der Waals surface area contributed by atoms with Gasteiger partial charge in [0.25, 0.3) is 0 Å². The number of amides is 1. The molecule has 150 valence electrons. The molecule has 1 aliphatic rings. The van der Waals surface area contributed by atoms with Crippen LogP contribution in [0.1, 0.15) is 30.4 Å². The van der Waals surface area contributed by atoms with Crippen molar-refractivity contribution in [3.63, 3.8) is 0 Å². The van der Waals surface area contributed by atoms with Crippen molar-refractivity contribution in [1.29, 1.82) is 0 Å². The summed E-state index contributed by atoms with van der Waals surface area (Å²) in [5, 5.41) is 2.92. The van der Waals surface area contributed by atoms with Gasteiger partial charge in [0.15, 0.2) is 0 Å². The summed E-state index contributed by atoms with van der Waals surface area (Å²) in [6.45, 7) is 1.21. The number of nitrogens with zero attached hydrogens (tertiary/aromatic N) is 2. The van der Waals surface area contributed by atoms with Crippen LogP contribution in [0.3, 0.4) is 0 Å². The summed E-state index contributed by atoms with van der Waals surface area (Å²) in [6, 6.07) is 13.6. The lowest BCUT2D eigenvalue weighted by atomic mass is 9.99. The zero-order valence-electron chi connectivity index (χ0n) is 16.0. The number of piperidine rings is 1. The van der Waals surface area contributed by atoms with Crippen LogP contribution in [0, 0.1) is 5.92 Å². The number of pyridine rings is 1. The van der Waals surface area contributed by atoms with E-state index < -0.39 is 10.0 Å². The van der Waals surface area contributed by atoms with Crippen molar-refractivity contribution >= 4 is 15.9 Å². The van der Waals surface area contributed by atoms with Crippen LogP contribution in [0.25, 0.3) is 0 Å². The van der Waals surface area contributed by atoms with Crippen LogP contribution in [-0.4, -0.2) is 42.5 Å². The molecule has 0 spiro atoms. The van der Waals surface area contributed by atoms with Crippen LogP contribution in [0.2, 0.25) is 0 Å². The van der Waals surface area contributed by atoms with Gasteiger partial charge in [0.2, 0.25) is 15.9 Å². The smallest absolute Gasteiger partial charge is 0.224 e. The van der Waals surface area contributed by atoms with E-state index in [1.807, 2.05) is 42.5 Å². The number of aromatic nitrogens is 1. The number of sulfonamides is 1. The van der Waals surface area contributed by atoms with Gasteiger partial charge in [-0.05, 0) is 48.9 Å². The van der Waals surface area contributed by atoms with E-state index >= 15 is 0 Å². The Labute approximate surface area is 167 Å². The minimum atomic E-state index is -3.34. The third-order valence-corrected chi connectivity index (χ3v) is 7.00. The number of hydrogen-bond donors (Lipinski definition) is 1. The minimum Gasteiger partial charge on any atom is -0.352 e. The first-order chi connectivity index (χ1) is 13.5. The van der Waals surface area contributed by atoms with Crippen molar-refractivity contribution in [3.8, 4) is 0 Å². The Morgan fingerprint density at radius 2 is 1.86 bits per heavy atom. The Morgan fingerprint density at radius 3 is 2.61 bits per heavy atom. The third kappa shape index (κ3) is 5.87. The summed E-state index contributed by atoms with van der Waals surface area (Å²) in [7, 11) is -3.34. The van der Waals surface area contributed by atoms with E-state index in [1.54, 1.807) is 12.4 Å². The summed E-state index contributed by atoms with van der Waals surface area (Å²) in [4.78, 5) is 16.5. The third-order valence-electron chi connectivity index (χ3n) is 5.07. The Morgan fingerprint density at radius 1 is 1.11 bits per heavy atom. The molecule has 0 unspecified atom stereocenters. The molecule has 1 aromatic carbocycles. The number of hydrogen-bond acceptors (Lipinski definition) is 4. The van der Waals surface area contributed by atoms with E-state index in [-0.39, 0.29) is 24.1 Å². The summed E-state index contributed by atoms with van der Waals surface area (Å²) in [5.74, 6) is -0.256. The number of benzene rings is 1. The molecule has 3 rings (SSSR count). The van der Waals surface area contributed by atoms with E-state index in [9.17, 15) is 13.2 Å². The second kappa shape index (κ2) is 9.80. The number of carbonyl (C=O) groups excluding carboxylic acids is 1. The van der Waals surface area contributed by atoms with E-state index in [1.165, 1.54) is 4.31 Å². The monoisotopic (exact) mass is 401 g/mol. The zero-order valence-corrected chi connectivity index (χ0v) is 16.8. The highest BCUT2D eigenvalue weighted by Gasteiger charge is 2.31. The van der Waals surface area contributed by atoms with E-state index in [4.69, 9.17) is 0 Å². The van der Waals surface area contributed by atoms with E-state index in [0.717, 1.165) is 24.0 Å². The van der Waals surface area contributed by atoms with Crippen molar-refractivity contribution in [1.82, 2.24) is 14.6 Å². The van der Waals surface area contributed by atoms with Crippen LogP contribution >= 0.6 is 0 Å². The Bertz CT molecular complexity index is 857. The van der Waals surface area contributed by atoms with Gasteiger partial charge in [-0.25, -0.2) is 12.7 Å². The fourth-order valence-electron chi connectivity index (χ4n) is 3.48. The summed E-state index contributed by atoms with van der Waals surface area (Å²) >= 11 is 0. The molecule has 1 N–H and O–H groups in total. The van der Waals surface area contributed by atoms with Crippen molar-refractivity contribution in [2.45, 2.75) is 32.2 Å². The standard InChI is InChI=1S/C21H27N3O3S/c25-21(23-16-19-10-12-22-13-11-19)20-9-4-14-24(17-20)28(26,27)15-5-8-18-6-2-1-3-7-18/h1-3,6-7,10-13,20H,4-5,8-9,14-17H2,(H,23,25)/t20-/m0/s1. The summed E-state index contributed by atoms with van der Waals surface area (Å²) < 4.78 is 26.9. The minimum absolute atomic E-state index is 0.0824. The highest BCUT2D eigenvalue weighted by atomic mass is 32.2. The quantitative estimate of drug-likeness (QED) is 0.737. The van der Waals surface area contributed by atoms with Crippen molar-refractivity contribution in [2.24, 2.45) is 5.92 Å². The van der Waals surface area contributed by atoms with Gasteiger partial charge >= 0.3 is 0 Å². The lowest BCUT2D eigenvalue weighted by molar-refractivity contribution is -0.126. The van der Waals surface area contributed by atoms with Gasteiger partial charge in [-0.3, -0.25) is 9.78 Å². The fraction of sp³-hybridized carbons (Fsp3) is 0.429. The van der Waals surface area contributed by atoms with Gasteiger partial charge in [-0.2, -0.15) is 0 Å². The summed E-state index contributed by atoms with van der Waals surface area (Å²) in [6.07, 6.45) is 6.13. The van der Waals surface area contributed by atoms with E-state index in [0.29, 0.717) is 25.9 Å². The number of carbonyl (C=O) groups is 1. The first-order valence-corrected chi connectivity index (χ1v) is 11.3. The van der Waals surface area contributed by atoms with E-state index in [2.05, 4.69) is 10.3 Å². The molecule has 0 radical (unpaired) electrons. The molecule has 1 aliphatic heterocycles. The average molecular weight is 402 g/mol. The topological polar surface area (TPSA) is 79.4 Å². The maximum absolute atomic E-state index is 12.7. The van der Waals surface area contributed by atoms with Crippen LogP contribution in [0.4, 0.5) is 0 Å². The molecule has 0 bridgehead atoms. The molecular weight excluding hydrogens is 374 g/mol. The second-order valence-electron chi connectivity index (χ2n) is 7.18. The summed E-state index contributed by atoms with van der Waals surface area (Å²) in [5.41, 5.74) is 2.12. The fourth-order valence-corrected chi connectivity index (χ4v) is 5.06. The van der Waals surface area contributed by atoms with Crippen LogP contribution in [-0.2, 0) is 27.8 Å². The lowest BCUT2D eigenvalue weighted by Gasteiger charge is -2.31. The highest BCUT2D eigenvalue weighted by molar-refractivity contribution is 7.89. The van der Waals surface area contributed by atoms with Crippen LogP contribution in [0.5, 0.6) is 0 Å². The molecule has 2 aromatic rings. The van der Waals surface area contributed by atoms with Crippen LogP contribution in [0.15, 0.2) is 54.9 Å². The lowest BCUT2D eigenvalue weighted by Crippen LogP contribution is -2.46. The maximum Gasteiger partial charge on any atom is 0.224 e. The molecule has 28 heavy (non-hydrogen) atoms. The first kappa shape index (κ1) is 20.5. The maximum atomic E-state index is 12.7. The molecule has 7 heteroatoms. The number of aryl methyl sites for hydroxylation is 1. The molecule has 1 saturated heterocycles. The first-order valence-electron chi connectivity index (χ1n) is 9.73. The Hall–Kier alpha value is -2.25. The molecule has 1 aromatic heterocycles. The average Bonchev–Trinajstić information content (AvgIpc) is 2.73. The molecule has 1 amide bonds. The van der Waals surface area contributed by atoms with Gasteiger partial charge in [0, 0.05) is 32.0 Å². The normalized spacial score (nSPS) is 17.9. The van der Waals surface area contributed by atoms with Gasteiger partial charge in [0.1, 0.15) is 0 Å².